The molecule has 0 fully saturated rings. The lowest BCUT2D eigenvalue weighted by molar-refractivity contribution is -0.870. The molecule has 0 N–H and O–H groups in total. The number of esters is 2. The lowest BCUT2D eigenvalue weighted by Gasteiger charge is -2.28. The SMILES string of the molecule is CCCCC/C=C/CCCCCCCC(=O)OC[C@H](COP(=O)([O-])OCC[N+](C)(C)C)OC(=O)CCCCCCCCCCCC. The average Bonchev–Trinajstić information content (AvgIpc) is 2.99. The number of nitrogens with zero attached hydrogens (tertiary/aromatic N) is 1. The molecule has 0 bridgehead atoms. The summed E-state index contributed by atoms with van der Waals surface area (Å²) in [6, 6.07) is 0. The van der Waals surface area contributed by atoms with Gasteiger partial charge in [-0.2, -0.15) is 0 Å². The number of carbonyl (C=O) groups is 2. The smallest absolute Gasteiger partial charge is 0.306 e. The van der Waals surface area contributed by atoms with Crippen LogP contribution < -0.4 is 4.89 Å². The van der Waals surface area contributed by atoms with Gasteiger partial charge in [-0.25, -0.2) is 0 Å². The topological polar surface area (TPSA) is 111 Å². The third-order valence-electron chi connectivity index (χ3n) is 7.79. The second kappa shape index (κ2) is 29.9. The molecule has 0 spiro atoms. The fourth-order valence-electron chi connectivity index (χ4n) is 4.82. The molecule has 1 unspecified atom stereocenters. The monoisotopic (exact) mass is 675 g/mol. The van der Waals surface area contributed by atoms with Gasteiger partial charge in [-0.05, 0) is 38.5 Å². The normalized spacial score (nSPS) is 14.0. The summed E-state index contributed by atoms with van der Waals surface area (Å²) in [5.41, 5.74) is 0. The summed E-state index contributed by atoms with van der Waals surface area (Å²) in [4.78, 5) is 37.2. The van der Waals surface area contributed by atoms with E-state index in [0.717, 1.165) is 57.8 Å². The minimum Gasteiger partial charge on any atom is -0.756 e. The van der Waals surface area contributed by atoms with Crippen LogP contribution in [0.1, 0.15) is 155 Å². The number of phosphoric acid groups is 1. The van der Waals surface area contributed by atoms with Gasteiger partial charge in [0.1, 0.15) is 19.8 Å². The van der Waals surface area contributed by atoms with E-state index in [-0.39, 0.29) is 26.1 Å². The standard InChI is InChI=1S/C36H70NO8P/c1-6-8-10-12-14-16-18-19-21-22-24-26-28-35(38)42-32-34(33-44-46(40,41)43-31-30-37(3,4)5)45-36(39)29-27-25-23-20-17-15-13-11-9-7-2/h14,16,34H,6-13,15,17-33H2,1-5H3/b16-14+/t34-/m1/s1. The Morgan fingerprint density at radius 1 is 0.652 bits per heavy atom. The van der Waals surface area contributed by atoms with Crippen LogP contribution in [0.25, 0.3) is 0 Å². The maximum atomic E-state index is 12.5. The lowest BCUT2D eigenvalue weighted by Crippen LogP contribution is -2.37. The van der Waals surface area contributed by atoms with E-state index in [9.17, 15) is 19.0 Å². The van der Waals surface area contributed by atoms with E-state index in [4.69, 9.17) is 18.5 Å². The Morgan fingerprint density at radius 3 is 1.65 bits per heavy atom. The summed E-state index contributed by atoms with van der Waals surface area (Å²) in [6.07, 6.45) is 26.7. The summed E-state index contributed by atoms with van der Waals surface area (Å²) in [7, 11) is 1.16. The Bertz CT molecular complexity index is 814. The Balaban J connectivity index is 4.46. The van der Waals surface area contributed by atoms with E-state index < -0.39 is 32.5 Å². The zero-order valence-electron chi connectivity index (χ0n) is 30.3. The molecule has 0 radical (unpaired) electrons. The Morgan fingerprint density at radius 2 is 1.11 bits per heavy atom. The van der Waals surface area contributed by atoms with Crippen molar-refractivity contribution in [1.29, 1.82) is 0 Å². The molecule has 0 aliphatic heterocycles. The highest BCUT2D eigenvalue weighted by molar-refractivity contribution is 7.45. The molecule has 46 heavy (non-hydrogen) atoms. The van der Waals surface area contributed by atoms with E-state index in [1.54, 1.807) is 0 Å². The number of likely N-dealkylation sites (N-methyl/N-ethyl adjacent to an activating group) is 1. The summed E-state index contributed by atoms with van der Waals surface area (Å²) in [6.45, 7) is 4.16. The Hall–Kier alpha value is -1.25. The van der Waals surface area contributed by atoms with Gasteiger partial charge in [0.05, 0.1) is 27.7 Å². The van der Waals surface area contributed by atoms with Crippen LogP contribution in [-0.2, 0) is 32.7 Å². The van der Waals surface area contributed by atoms with Crippen LogP contribution in [0.5, 0.6) is 0 Å². The second-order valence-electron chi connectivity index (χ2n) is 13.6. The predicted octanol–water partition coefficient (Wildman–Crippen LogP) is 8.83. The molecule has 0 aromatic carbocycles. The van der Waals surface area contributed by atoms with Crippen molar-refractivity contribution < 1.29 is 42.1 Å². The first-order valence-corrected chi connectivity index (χ1v) is 19.9. The van der Waals surface area contributed by atoms with Gasteiger partial charge in [0.2, 0.25) is 0 Å². The highest BCUT2D eigenvalue weighted by Gasteiger charge is 2.21. The van der Waals surface area contributed by atoms with Crippen LogP contribution in [0, 0.1) is 0 Å². The van der Waals surface area contributed by atoms with Crippen molar-refractivity contribution in [3.63, 3.8) is 0 Å². The van der Waals surface area contributed by atoms with E-state index in [0.29, 0.717) is 17.4 Å². The number of allylic oxidation sites excluding steroid dienone is 2. The highest BCUT2D eigenvalue weighted by Crippen LogP contribution is 2.38. The third-order valence-corrected chi connectivity index (χ3v) is 8.75. The molecule has 0 aliphatic rings. The van der Waals surface area contributed by atoms with Crippen molar-refractivity contribution in [3.8, 4) is 0 Å². The number of hydrogen-bond donors (Lipinski definition) is 0. The Labute approximate surface area is 282 Å². The van der Waals surface area contributed by atoms with Crippen LogP contribution in [0.3, 0.4) is 0 Å². The van der Waals surface area contributed by atoms with Gasteiger partial charge in [0.25, 0.3) is 7.82 Å². The fourth-order valence-corrected chi connectivity index (χ4v) is 5.55. The molecule has 272 valence electrons. The molecule has 0 saturated heterocycles. The summed E-state index contributed by atoms with van der Waals surface area (Å²) >= 11 is 0. The molecule has 0 saturated carbocycles. The van der Waals surface area contributed by atoms with Crippen LogP contribution in [0.4, 0.5) is 0 Å². The average molecular weight is 676 g/mol. The van der Waals surface area contributed by atoms with E-state index in [1.165, 1.54) is 64.2 Å². The van der Waals surface area contributed by atoms with Gasteiger partial charge in [0.15, 0.2) is 6.10 Å². The van der Waals surface area contributed by atoms with Crippen molar-refractivity contribution in [2.24, 2.45) is 0 Å². The van der Waals surface area contributed by atoms with Gasteiger partial charge in [-0.3, -0.25) is 14.2 Å². The number of unbranched alkanes of at least 4 members (excludes halogenated alkanes) is 17. The first kappa shape index (κ1) is 44.8. The first-order valence-electron chi connectivity index (χ1n) is 18.4. The molecule has 10 heteroatoms. The first-order chi connectivity index (χ1) is 22.0. The number of quaternary nitrogens is 1. The molecule has 9 nitrogen and oxygen atoms in total. The quantitative estimate of drug-likeness (QED) is 0.0223. The number of hydrogen-bond acceptors (Lipinski definition) is 8. The molecule has 0 rings (SSSR count). The Kier molecular flexibility index (Phi) is 29.0. The number of ether oxygens (including phenoxy) is 2. The van der Waals surface area contributed by atoms with Crippen molar-refractivity contribution >= 4 is 19.8 Å². The minimum atomic E-state index is -4.61. The summed E-state index contributed by atoms with van der Waals surface area (Å²) < 4.78 is 33.6. The lowest BCUT2D eigenvalue weighted by atomic mass is 10.1. The zero-order valence-corrected chi connectivity index (χ0v) is 31.2. The minimum absolute atomic E-state index is 0.0296. The van der Waals surface area contributed by atoms with Crippen LogP contribution >= 0.6 is 7.82 Å². The number of rotatable bonds is 33. The largest absolute Gasteiger partial charge is 0.756 e. The van der Waals surface area contributed by atoms with E-state index in [1.807, 2.05) is 21.1 Å². The van der Waals surface area contributed by atoms with Crippen LogP contribution in [0.15, 0.2) is 12.2 Å². The van der Waals surface area contributed by atoms with Crippen LogP contribution in [-0.4, -0.2) is 70.0 Å². The molecule has 0 aliphatic carbocycles. The number of carbonyl (C=O) groups excluding carboxylic acids is 2. The highest BCUT2D eigenvalue weighted by atomic mass is 31.2. The maximum Gasteiger partial charge on any atom is 0.306 e. The van der Waals surface area contributed by atoms with Gasteiger partial charge < -0.3 is 27.9 Å². The van der Waals surface area contributed by atoms with Gasteiger partial charge in [-0.1, -0.05) is 116 Å². The maximum absolute atomic E-state index is 12.5. The van der Waals surface area contributed by atoms with Gasteiger partial charge >= 0.3 is 11.9 Å². The molecule has 0 aromatic rings. The van der Waals surface area contributed by atoms with Crippen molar-refractivity contribution in [3.05, 3.63) is 12.2 Å². The summed E-state index contributed by atoms with van der Waals surface area (Å²) in [5.74, 6) is -0.845. The number of phosphoric ester groups is 1. The molecule has 0 heterocycles. The van der Waals surface area contributed by atoms with E-state index in [2.05, 4.69) is 26.0 Å². The molecule has 2 atom stereocenters. The van der Waals surface area contributed by atoms with Crippen molar-refractivity contribution in [2.45, 2.75) is 161 Å². The molecule has 0 amide bonds. The third kappa shape index (κ3) is 32.7. The summed E-state index contributed by atoms with van der Waals surface area (Å²) in [5, 5.41) is 0. The van der Waals surface area contributed by atoms with Crippen molar-refractivity contribution in [2.75, 3.05) is 47.5 Å². The van der Waals surface area contributed by atoms with E-state index >= 15 is 0 Å². The van der Waals surface area contributed by atoms with Gasteiger partial charge in [-0.15, -0.1) is 0 Å². The van der Waals surface area contributed by atoms with Gasteiger partial charge in [0, 0.05) is 12.8 Å². The second-order valence-corrected chi connectivity index (χ2v) is 15.0. The molecular weight excluding hydrogens is 605 g/mol. The molecular formula is C36H70NO8P. The van der Waals surface area contributed by atoms with Crippen molar-refractivity contribution in [1.82, 2.24) is 0 Å². The predicted molar refractivity (Wildman–Crippen MR) is 185 cm³/mol. The molecule has 0 aromatic heterocycles. The zero-order chi connectivity index (χ0) is 34.4. The fraction of sp³-hybridized carbons (Fsp3) is 0.889. The van der Waals surface area contributed by atoms with Crippen LogP contribution in [0.2, 0.25) is 0 Å².